The average Bonchev–Trinajstić information content (AvgIpc) is 2.25. The van der Waals surface area contributed by atoms with Crippen molar-refractivity contribution in [2.75, 3.05) is 0 Å². The molecule has 83 valence electrons. The summed E-state index contributed by atoms with van der Waals surface area (Å²) in [5.74, 6) is -1.50. The minimum Gasteiger partial charge on any atom is -0.478 e. The number of nitrogens with zero attached hydrogens (tertiary/aromatic N) is 1. The van der Waals surface area contributed by atoms with Crippen LogP contribution in [0.5, 0.6) is 0 Å². The van der Waals surface area contributed by atoms with Crippen molar-refractivity contribution in [3.8, 4) is 0 Å². The van der Waals surface area contributed by atoms with E-state index in [1.54, 1.807) is 0 Å². The van der Waals surface area contributed by atoms with Crippen LogP contribution in [0.4, 0.5) is 5.69 Å². The molecule has 0 bridgehead atoms. The number of benzene rings is 1. The Morgan fingerprint density at radius 1 is 1.50 bits per heavy atom. The van der Waals surface area contributed by atoms with Gasteiger partial charge < -0.3 is 9.84 Å². The van der Waals surface area contributed by atoms with E-state index in [2.05, 4.69) is 4.74 Å². The highest BCUT2D eigenvalue weighted by Crippen LogP contribution is 2.26. The number of carboxylic acid groups (broad SMARTS) is 1. The van der Waals surface area contributed by atoms with Crippen LogP contribution in [0, 0.1) is 10.1 Å². The zero-order chi connectivity index (χ0) is 12.1. The standard InChI is InChI=1S/C9H6NO6/c11-5-16-8(9(12)13)6-3-1-2-4-7(6)10(14)15/h1-4,8H,(H,12,13). The van der Waals surface area contributed by atoms with E-state index in [1.807, 2.05) is 0 Å². The third-order valence-corrected chi connectivity index (χ3v) is 1.81. The highest BCUT2D eigenvalue weighted by molar-refractivity contribution is 5.77. The second kappa shape index (κ2) is 4.87. The Hall–Kier alpha value is -2.44. The van der Waals surface area contributed by atoms with E-state index in [1.165, 1.54) is 18.2 Å². The average molecular weight is 224 g/mol. The molecule has 1 aromatic rings. The lowest BCUT2D eigenvalue weighted by atomic mass is 10.1. The molecule has 1 aromatic carbocycles. The molecule has 0 heterocycles. The first-order valence-electron chi connectivity index (χ1n) is 4.07. The molecule has 16 heavy (non-hydrogen) atoms. The highest BCUT2D eigenvalue weighted by Gasteiger charge is 2.28. The van der Waals surface area contributed by atoms with Crippen LogP contribution in [0.3, 0.4) is 0 Å². The van der Waals surface area contributed by atoms with Crippen LogP contribution in [-0.4, -0.2) is 22.5 Å². The first-order valence-corrected chi connectivity index (χ1v) is 4.07. The maximum atomic E-state index is 10.7. The van der Waals surface area contributed by atoms with Crippen LogP contribution in [0.25, 0.3) is 0 Å². The molecule has 1 atom stereocenters. The maximum absolute atomic E-state index is 10.7. The minimum absolute atomic E-state index is 0.205. The Labute approximate surface area is 89.4 Å². The Balaban J connectivity index is 3.22. The number of carbonyl (C=O) groups excluding carboxylic acids is 1. The van der Waals surface area contributed by atoms with Gasteiger partial charge in [-0.05, 0) is 6.07 Å². The molecule has 1 rings (SSSR count). The Bertz CT molecular complexity index is 430. The number of nitro benzene ring substituents is 1. The molecule has 7 nitrogen and oxygen atoms in total. The lowest BCUT2D eigenvalue weighted by molar-refractivity contribution is -0.386. The number of carboxylic acids is 1. The molecule has 0 saturated carbocycles. The van der Waals surface area contributed by atoms with Crippen molar-refractivity contribution in [1.29, 1.82) is 0 Å². The molecule has 1 radical (unpaired) electrons. The van der Waals surface area contributed by atoms with Gasteiger partial charge in [0, 0.05) is 6.07 Å². The SMILES string of the molecule is O=[C]OC(C(=O)O)c1ccccc1[N+](=O)[O-]. The summed E-state index contributed by atoms with van der Waals surface area (Å²) in [6.45, 7) is 0.960. The molecule has 0 aliphatic rings. The fourth-order valence-corrected chi connectivity index (χ4v) is 1.17. The third-order valence-electron chi connectivity index (χ3n) is 1.81. The summed E-state index contributed by atoms with van der Waals surface area (Å²) in [4.78, 5) is 30.6. The van der Waals surface area contributed by atoms with E-state index >= 15 is 0 Å². The summed E-state index contributed by atoms with van der Waals surface area (Å²) >= 11 is 0. The van der Waals surface area contributed by atoms with E-state index in [9.17, 15) is 19.7 Å². The summed E-state index contributed by atoms with van der Waals surface area (Å²) in [5.41, 5.74) is -0.631. The molecule has 0 amide bonds. The second-order valence-corrected chi connectivity index (χ2v) is 2.74. The zero-order valence-corrected chi connectivity index (χ0v) is 7.82. The summed E-state index contributed by atoms with van der Waals surface area (Å²) in [7, 11) is 0. The van der Waals surface area contributed by atoms with Crippen molar-refractivity contribution in [1.82, 2.24) is 0 Å². The first kappa shape index (κ1) is 11.6. The number of aliphatic carboxylic acids is 1. The molecule has 1 unspecified atom stereocenters. The molecular formula is C9H6NO6. The summed E-state index contributed by atoms with van der Waals surface area (Å²) < 4.78 is 4.17. The number of para-hydroxylation sites is 1. The molecule has 0 saturated heterocycles. The van der Waals surface area contributed by atoms with Gasteiger partial charge in [0.05, 0.1) is 10.5 Å². The number of hydrogen-bond acceptors (Lipinski definition) is 5. The second-order valence-electron chi connectivity index (χ2n) is 2.74. The first-order chi connectivity index (χ1) is 7.57. The van der Waals surface area contributed by atoms with Gasteiger partial charge in [0.25, 0.3) is 5.69 Å². The molecular weight excluding hydrogens is 218 g/mol. The zero-order valence-electron chi connectivity index (χ0n) is 7.82. The van der Waals surface area contributed by atoms with Crippen LogP contribution in [0.15, 0.2) is 24.3 Å². The fraction of sp³-hybridized carbons (Fsp3) is 0.111. The quantitative estimate of drug-likeness (QED) is 0.585. The normalized spacial score (nSPS) is 11.5. The van der Waals surface area contributed by atoms with Crippen molar-refractivity contribution < 1.29 is 24.4 Å². The maximum Gasteiger partial charge on any atom is 0.418 e. The minimum atomic E-state index is -1.72. The lowest BCUT2D eigenvalue weighted by Crippen LogP contribution is -2.16. The van der Waals surface area contributed by atoms with Crippen LogP contribution < -0.4 is 0 Å². The molecule has 0 aliphatic carbocycles. The number of ether oxygens (including phenoxy) is 1. The molecule has 0 aliphatic heterocycles. The van der Waals surface area contributed by atoms with Crippen molar-refractivity contribution in [3.05, 3.63) is 39.9 Å². The van der Waals surface area contributed by atoms with E-state index in [0.717, 1.165) is 12.5 Å². The predicted octanol–water partition coefficient (Wildman–Crippen LogP) is 0.804. The summed E-state index contributed by atoms with van der Waals surface area (Å²) in [6, 6.07) is 5.12. The van der Waals surface area contributed by atoms with Crippen LogP contribution in [-0.2, 0) is 14.3 Å². The van der Waals surface area contributed by atoms with Gasteiger partial charge in [0.1, 0.15) is 0 Å². The largest absolute Gasteiger partial charge is 0.478 e. The lowest BCUT2D eigenvalue weighted by Gasteiger charge is -2.09. The van der Waals surface area contributed by atoms with E-state index < -0.39 is 22.7 Å². The molecule has 7 heteroatoms. The highest BCUT2D eigenvalue weighted by atomic mass is 16.6. The van der Waals surface area contributed by atoms with Crippen molar-refractivity contribution in [2.24, 2.45) is 0 Å². The van der Waals surface area contributed by atoms with Gasteiger partial charge in [-0.15, -0.1) is 0 Å². The number of rotatable bonds is 5. The van der Waals surface area contributed by atoms with Crippen molar-refractivity contribution in [2.45, 2.75) is 6.10 Å². The summed E-state index contributed by atoms with van der Waals surface area (Å²) in [6.07, 6.45) is -1.72. The van der Waals surface area contributed by atoms with Gasteiger partial charge in [0.15, 0.2) is 0 Å². The number of hydrogen-bond donors (Lipinski definition) is 1. The Morgan fingerprint density at radius 2 is 2.12 bits per heavy atom. The van der Waals surface area contributed by atoms with Crippen LogP contribution >= 0.6 is 0 Å². The van der Waals surface area contributed by atoms with E-state index in [0.29, 0.717) is 0 Å². The smallest absolute Gasteiger partial charge is 0.418 e. The molecule has 0 spiro atoms. The number of nitro groups is 1. The van der Waals surface area contributed by atoms with Crippen molar-refractivity contribution >= 4 is 18.1 Å². The fourth-order valence-electron chi connectivity index (χ4n) is 1.17. The topological polar surface area (TPSA) is 107 Å². The van der Waals surface area contributed by atoms with E-state index in [-0.39, 0.29) is 5.56 Å². The van der Waals surface area contributed by atoms with Gasteiger partial charge in [-0.1, -0.05) is 12.1 Å². The predicted molar refractivity (Wildman–Crippen MR) is 50.3 cm³/mol. The van der Waals surface area contributed by atoms with Crippen LogP contribution in [0.2, 0.25) is 0 Å². The van der Waals surface area contributed by atoms with Crippen LogP contribution in [0.1, 0.15) is 11.7 Å². The Kier molecular flexibility index (Phi) is 3.54. The molecule has 1 N–H and O–H groups in total. The summed E-state index contributed by atoms with van der Waals surface area (Å²) in [5, 5.41) is 19.3. The van der Waals surface area contributed by atoms with Gasteiger partial charge in [-0.3, -0.25) is 10.1 Å². The third kappa shape index (κ3) is 2.32. The Morgan fingerprint density at radius 3 is 2.62 bits per heavy atom. The van der Waals surface area contributed by atoms with Crippen molar-refractivity contribution in [3.63, 3.8) is 0 Å². The van der Waals surface area contributed by atoms with E-state index in [4.69, 9.17) is 5.11 Å². The molecule has 0 aromatic heterocycles. The molecule has 0 fully saturated rings. The number of carbonyl (C=O) groups is 1. The van der Waals surface area contributed by atoms with Gasteiger partial charge in [0.2, 0.25) is 6.10 Å². The monoisotopic (exact) mass is 224 g/mol. The van der Waals surface area contributed by atoms with Gasteiger partial charge in [-0.2, -0.15) is 0 Å². The van der Waals surface area contributed by atoms with Gasteiger partial charge >= 0.3 is 12.4 Å². The van der Waals surface area contributed by atoms with Gasteiger partial charge in [-0.25, -0.2) is 9.59 Å².